The zero-order valence-electron chi connectivity index (χ0n) is 6.48. The third-order valence-corrected chi connectivity index (χ3v) is 3.18. The Morgan fingerprint density at radius 3 is 2.67 bits per heavy atom. The lowest BCUT2D eigenvalue weighted by Gasteiger charge is -2.11. The van der Waals surface area contributed by atoms with Crippen molar-refractivity contribution in [3.63, 3.8) is 0 Å². The van der Waals surface area contributed by atoms with Gasteiger partial charge in [0.2, 0.25) is 0 Å². The first-order valence-corrected chi connectivity index (χ1v) is 5.03. The van der Waals surface area contributed by atoms with Crippen LogP contribution in [0.2, 0.25) is 5.02 Å². The highest BCUT2D eigenvalue weighted by molar-refractivity contribution is 9.10. The predicted molar refractivity (Wildman–Crippen MR) is 54.3 cm³/mol. The topological polar surface area (TPSA) is 26.0 Å². The van der Waals surface area contributed by atoms with Gasteiger partial charge in [0.25, 0.3) is 0 Å². The van der Waals surface area contributed by atoms with E-state index < -0.39 is 0 Å². The number of rotatable bonds is 1. The van der Waals surface area contributed by atoms with Gasteiger partial charge < -0.3 is 5.73 Å². The van der Waals surface area contributed by atoms with Crippen LogP contribution in [0, 0.1) is 0 Å². The van der Waals surface area contributed by atoms with Gasteiger partial charge in [-0.25, -0.2) is 0 Å². The van der Waals surface area contributed by atoms with Crippen LogP contribution >= 0.6 is 27.5 Å². The van der Waals surface area contributed by atoms with Crippen LogP contribution in [0.15, 0.2) is 22.7 Å². The SMILES string of the molecule is NC1(c2cc(Cl)ccc2Br)CC1. The molecule has 1 aromatic rings. The van der Waals surface area contributed by atoms with E-state index in [4.69, 9.17) is 17.3 Å². The van der Waals surface area contributed by atoms with Gasteiger partial charge in [0.15, 0.2) is 0 Å². The third kappa shape index (κ3) is 1.39. The summed E-state index contributed by atoms with van der Waals surface area (Å²) in [7, 11) is 0. The molecule has 1 aliphatic carbocycles. The molecule has 0 aliphatic heterocycles. The zero-order valence-corrected chi connectivity index (χ0v) is 8.82. The summed E-state index contributed by atoms with van der Waals surface area (Å²) < 4.78 is 1.06. The molecule has 0 bridgehead atoms. The lowest BCUT2D eigenvalue weighted by atomic mass is 10.1. The molecule has 12 heavy (non-hydrogen) atoms. The molecule has 0 atom stereocenters. The van der Waals surface area contributed by atoms with Crippen molar-refractivity contribution in [3.8, 4) is 0 Å². The second-order valence-electron chi connectivity index (χ2n) is 3.28. The number of hydrogen-bond acceptors (Lipinski definition) is 1. The van der Waals surface area contributed by atoms with Crippen molar-refractivity contribution in [2.45, 2.75) is 18.4 Å². The summed E-state index contributed by atoms with van der Waals surface area (Å²) in [5.41, 5.74) is 7.08. The maximum absolute atomic E-state index is 6.05. The molecule has 0 radical (unpaired) electrons. The largest absolute Gasteiger partial charge is 0.321 e. The van der Waals surface area contributed by atoms with Crippen molar-refractivity contribution in [2.24, 2.45) is 5.73 Å². The van der Waals surface area contributed by atoms with E-state index in [0.717, 1.165) is 27.9 Å². The van der Waals surface area contributed by atoms with Crippen molar-refractivity contribution >= 4 is 27.5 Å². The molecule has 0 aromatic heterocycles. The number of nitrogens with two attached hydrogens (primary N) is 1. The average molecular weight is 247 g/mol. The van der Waals surface area contributed by atoms with E-state index in [1.54, 1.807) is 0 Å². The summed E-state index contributed by atoms with van der Waals surface area (Å²) in [5.74, 6) is 0. The Labute approximate surface area is 85.0 Å². The van der Waals surface area contributed by atoms with E-state index in [9.17, 15) is 0 Å². The van der Waals surface area contributed by atoms with Gasteiger partial charge in [0, 0.05) is 15.0 Å². The first-order chi connectivity index (χ1) is 5.62. The van der Waals surface area contributed by atoms with E-state index in [-0.39, 0.29) is 5.54 Å². The van der Waals surface area contributed by atoms with Gasteiger partial charge in [-0.2, -0.15) is 0 Å². The Hall–Kier alpha value is -0.0500. The van der Waals surface area contributed by atoms with Crippen molar-refractivity contribution < 1.29 is 0 Å². The van der Waals surface area contributed by atoms with Gasteiger partial charge in [-0.1, -0.05) is 27.5 Å². The quantitative estimate of drug-likeness (QED) is 0.810. The highest BCUT2D eigenvalue weighted by atomic mass is 79.9. The molecule has 1 fully saturated rings. The number of halogens is 2. The summed E-state index contributed by atoms with van der Waals surface area (Å²) in [6, 6.07) is 5.75. The molecule has 64 valence electrons. The number of benzene rings is 1. The summed E-state index contributed by atoms with van der Waals surface area (Å²) in [6.07, 6.45) is 2.12. The van der Waals surface area contributed by atoms with Gasteiger partial charge >= 0.3 is 0 Å². The Kier molecular flexibility index (Phi) is 1.94. The van der Waals surface area contributed by atoms with E-state index >= 15 is 0 Å². The molecule has 0 heterocycles. The van der Waals surface area contributed by atoms with Gasteiger partial charge in [-0.15, -0.1) is 0 Å². The molecular formula is C9H9BrClN. The van der Waals surface area contributed by atoms with Gasteiger partial charge in [0.1, 0.15) is 0 Å². The fourth-order valence-corrected chi connectivity index (χ4v) is 2.10. The molecule has 0 unspecified atom stereocenters. The lowest BCUT2D eigenvalue weighted by molar-refractivity contribution is 0.736. The smallest absolute Gasteiger partial charge is 0.0423 e. The standard InChI is InChI=1S/C9H9BrClN/c10-8-2-1-6(11)5-7(8)9(12)3-4-9/h1-2,5H,3-4,12H2. The van der Waals surface area contributed by atoms with Crippen molar-refractivity contribution in [3.05, 3.63) is 33.3 Å². The van der Waals surface area contributed by atoms with Crippen LogP contribution in [0.4, 0.5) is 0 Å². The molecule has 3 heteroatoms. The summed E-state index contributed by atoms with van der Waals surface area (Å²) in [6.45, 7) is 0. The zero-order chi connectivity index (χ0) is 8.77. The van der Waals surface area contributed by atoms with Crippen LogP contribution in [0.3, 0.4) is 0 Å². The Bertz CT molecular complexity index is 320. The highest BCUT2D eigenvalue weighted by Crippen LogP contribution is 2.46. The van der Waals surface area contributed by atoms with Crippen molar-refractivity contribution in [2.75, 3.05) is 0 Å². The summed E-state index contributed by atoms with van der Waals surface area (Å²) in [4.78, 5) is 0. The highest BCUT2D eigenvalue weighted by Gasteiger charge is 2.41. The van der Waals surface area contributed by atoms with E-state index in [1.165, 1.54) is 0 Å². The molecule has 1 saturated carbocycles. The summed E-state index contributed by atoms with van der Waals surface area (Å²) in [5, 5.41) is 0.755. The van der Waals surface area contributed by atoms with Crippen LogP contribution in [-0.2, 0) is 5.54 Å². The molecule has 2 rings (SSSR count). The monoisotopic (exact) mass is 245 g/mol. The third-order valence-electron chi connectivity index (χ3n) is 2.25. The van der Waals surface area contributed by atoms with Gasteiger partial charge in [0.05, 0.1) is 0 Å². The second kappa shape index (κ2) is 2.72. The van der Waals surface area contributed by atoms with Crippen LogP contribution in [0.5, 0.6) is 0 Å². The van der Waals surface area contributed by atoms with Gasteiger partial charge in [-0.3, -0.25) is 0 Å². The second-order valence-corrected chi connectivity index (χ2v) is 4.57. The lowest BCUT2D eigenvalue weighted by Crippen LogP contribution is -2.19. The maximum Gasteiger partial charge on any atom is 0.0423 e. The van der Waals surface area contributed by atoms with Crippen LogP contribution in [-0.4, -0.2) is 0 Å². The average Bonchev–Trinajstić information content (AvgIpc) is 2.75. The molecule has 2 N–H and O–H groups in total. The first kappa shape index (κ1) is 8.54. The van der Waals surface area contributed by atoms with Crippen molar-refractivity contribution in [1.29, 1.82) is 0 Å². The number of hydrogen-bond donors (Lipinski definition) is 1. The van der Waals surface area contributed by atoms with Crippen LogP contribution in [0.1, 0.15) is 18.4 Å². The Morgan fingerprint density at radius 2 is 2.08 bits per heavy atom. The van der Waals surface area contributed by atoms with E-state index in [1.807, 2.05) is 18.2 Å². The predicted octanol–water partition coefficient (Wildman–Crippen LogP) is 3.05. The minimum Gasteiger partial charge on any atom is -0.321 e. The van der Waals surface area contributed by atoms with Crippen molar-refractivity contribution in [1.82, 2.24) is 0 Å². The molecule has 1 aromatic carbocycles. The minimum atomic E-state index is -0.107. The van der Waals surface area contributed by atoms with Crippen LogP contribution < -0.4 is 5.73 Å². The summed E-state index contributed by atoms with van der Waals surface area (Å²) >= 11 is 9.34. The molecule has 1 nitrogen and oxygen atoms in total. The first-order valence-electron chi connectivity index (χ1n) is 3.86. The molecular weight excluding hydrogens is 237 g/mol. The fraction of sp³-hybridized carbons (Fsp3) is 0.333. The van der Waals surface area contributed by atoms with E-state index in [0.29, 0.717) is 0 Å². The molecule has 1 aliphatic rings. The molecule has 0 spiro atoms. The van der Waals surface area contributed by atoms with E-state index in [2.05, 4.69) is 15.9 Å². The Morgan fingerprint density at radius 1 is 1.42 bits per heavy atom. The Balaban J connectivity index is 2.48. The van der Waals surface area contributed by atoms with Crippen LogP contribution in [0.25, 0.3) is 0 Å². The molecule has 0 amide bonds. The normalized spacial score (nSPS) is 19.2. The van der Waals surface area contributed by atoms with Gasteiger partial charge in [-0.05, 0) is 36.6 Å². The fourth-order valence-electron chi connectivity index (χ4n) is 1.28. The minimum absolute atomic E-state index is 0.107. The molecule has 0 saturated heterocycles. The maximum atomic E-state index is 6.05.